The first-order valence-corrected chi connectivity index (χ1v) is 5.07. The number of nitro groups is 1. The van der Waals surface area contributed by atoms with Gasteiger partial charge in [-0.15, -0.1) is 0 Å². The van der Waals surface area contributed by atoms with E-state index < -0.39 is 4.92 Å². The molecule has 0 unspecified atom stereocenters. The summed E-state index contributed by atoms with van der Waals surface area (Å²) >= 11 is 5.91. The molecule has 2 aromatic heterocycles. The number of rotatable bonds is 2. The Morgan fingerprint density at radius 1 is 1.41 bits per heavy atom. The summed E-state index contributed by atoms with van der Waals surface area (Å²) < 4.78 is 1.23. The van der Waals surface area contributed by atoms with Crippen LogP contribution in [0.25, 0.3) is 5.82 Å². The highest BCUT2D eigenvalue weighted by Gasteiger charge is 2.24. The van der Waals surface area contributed by atoms with Crippen LogP contribution in [0.3, 0.4) is 0 Å². The molecule has 17 heavy (non-hydrogen) atoms. The van der Waals surface area contributed by atoms with Gasteiger partial charge in [-0.1, -0.05) is 11.6 Å². The lowest BCUT2D eigenvalue weighted by Gasteiger charge is -2.00. The third-order valence-electron chi connectivity index (χ3n) is 2.16. The molecule has 0 N–H and O–H groups in total. The highest BCUT2D eigenvalue weighted by Crippen LogP contribution is 2.29. The molecule has 88 valence electrons. The second-order valence-electron chi connectivity index (χ2n) is 3.41. The number of aryl methyl sites for hydroxylation is 2. The fourth-order valence-corrected chi connectivity index (χ4v) is 1.74. The van der Waals surface area contributed by atoms with Gasteiger partial charge in [-0.05, 0) is 13.8 Å². The second-order valence-corrected chi connectivity index (χ2v) is 3.77. The molecular formula is C9H8ClN5O2. The van der Waals surface area contributed by atoms with Gasteiger partial charge in [0, 0.05) is 11.8 Å². The van der Waals surface area contributed by atoms with E-state index in [0.29, 0.717) is 5.82 Å². The first kappa shape index (κ1) is 11.5. The van der Waals surface area contributed by atoms with Gasteiger partial charge >= 0.3 is 5.69 Å². The van der Waals surface area contributed by atoms with Crippen LogP contribution < -0.4 is 0 Å². The Kier molecular flexibility index (Phi) is 2.76. The lowest BCUT2D eigenvalue weighted by molar-refractivity contribution is -0.385. The summed E-state index contributed by atoms with van der Waals surface area (Å²) in [5, 5.41) is 14.7. The van der Waals surface area contributed by atoms with Crippen molar-refractivity contribution in [2.45, 2.75) is 13.8 Å². The van der Waals surface area contributed by atoms with Crippen LogP contribution in [0.5, 0.6) is 0 Å². The first-order valence-electron chi connectivity index (χ1n) is 4.69. The molecule has 2 aromatic rings. The quantitative estimate of drug-likeness (QED) is 0.602. The molecule has 0 aliphatic heterocycles. The molecule has 0 aliphatic rings. The van der Waals surface area contributed by atoms with Crippen molar-refractivity contribution in [1.29, 1.82) is 0 Å². The molecule has 2 heterocycles. The van der Waals surface area contributed by atoms with E-state index >= 15 is 0 Å². The van der Waals surface area contributed by atoms with Crippen LogP contribution in [0.15, 0.2) is 12.4 Å². The minimum atomic E-state index is -0.560. The van der Waals surface area contributed by atoms with E-state index in [1.807, 2.05) is 0 Å². The number of hydrogen-bond donors (Lipinski definition) is 0. The van der Waals surface area contributed by atoms with Gasteiger partial charge < -0.3 is 0 Å². The Labute approximate surface area is 101 Å². The van der Waals surface area contributed by atoms with Crippen molar-refractivity contribution in [3.8, 4) is 5.82 Å². The summed E-state index contributed by atoms with van der Waals surface area (Å²) in [7, 11) is 0. The van der Waals surface area contributed by atoms with Gasteiger partial charge in [0.05, 0.1) is 4.92 Å². The average molecular weight is 254 g/mol. The Morgan fingerprint density at radius 2 is 2.12 bits per heavy atom. The number of nitrogens with zero attached hydrogens (tertiary/aromatic N) is 5. The topological polar surface area (TPSA) is 86.7 Å². The van der Waals surface area contributed by atoms with Gasteiger partial charge in [-0.2, -0.15) is 9.78 Å². The predicted octanol–water partition coefficient (Wildman–Crippen LogP) is 1.84. The standard InChI is InChI=1S/C9H8ClN5O2/c1-5-3-7(12-4-11-5)14-9(10)8(15(16)17)6(2)13-14/h3-4H,1-2H3. The molecule has 0 spiro atoms. The summed E-state index contributed by atoms with van der Waals surface area (Å²) in [5.74, 6) is 0.402. The van der Waals surface area contributed by atoms with Gasteiger partial charge in [-0.25, -0.2) is 9.97 Å². The lowest BCUT2D eigenvalue weighted by Crippen LogP contribution is -2.01. The van der Waals surface area contributed by atoms with Crippen LogP contribution in [0, 0.1) is 24.0 Å². The fraction of sp³-hybridized carbons (Fsp3) is 0.222. The first-order chi connectivity index (χ1) is 8.00. The van der Waals surface area contributed by atoms with Crippen molar-refractivity contribution < 1.29 is 4.92 Å². The molecule has 0 bridgehead atoms. The van der Waals surface area contributed by atoms with Gasteiger partial charge in [0.1, 0.15) is 12.0 Å². The summed E-state index contributed by atoms with van der Waals surface area (Å²) in [6, 6.07) is 1.64. The van der Waals surface area contributed by atoms with E-state index in [9.17, 15) is 10.1 Å². The van der Waals surface area contributed by atoms with Crippen molar-refractivity contribution in [1.82, 2.24) is 19.7 Å². The zero-order valence-corrected chi connectivity index (χ0v) is 9.84. The maximum Gasteiger partial charge on any atom is 0.329 e. The molecule has 0 amide bonds. The van der Waals surface area contributed by atoms with E-state index in [2.05, 4.69) is 15.1 Å². The van der Waals surface area contributed by atoms with Crippen molar-refractivity contribution in [2.24, 2.45) is 0 Å². The predicted molar refractivity (Wildman–Crippen MR) is 60.3 cm³/mol. The van der Waals surface area contributed by atoms with E-state index in [-0.39, 0.29) is 16.5 Å². The molecule has 7 nitrogen and oxygen atoms in total. The van der Waals surface area contributed by atoms with Crippen LogP contribution in [0.1, 0.15) is 11.4 Å². The minimum absolute atomic E-state index is 0.0643. The van der Waals surface area contributed by atoms with Gasteiger partial charge in [0.25, 0.3) is 0 Å². The molecule has 0 radical (unpaired) electrons. The molecule has 8 heteroatoms. The van der Waals surface area contributed by atoms with Crippen molar-refractivity contribution >= 4 is 17.3 Å². The maximum absolute atomic E-state index is 10.8. The van der Waals surface area contributed by atoms with Gasteiger partial charge in [-0.3, -0.25) is 10.1 Å². The summed E-state index contributed by atoms with van der Waals surface area (Å²) in [6.07, 6.45) is 1.35. The zero-order chi connectivity index (χ0) is 12.6. The van der Waals surface area contributed by atoms with Gasteiger partial charge in [0.2, 0.25) is 5.15 Å². The molecule has 0 aliphatic carbocycles. The van der Waals surface area contributed by atoms with Crippen LogP contribution in [-0.2, 0) is 0 Å². The zero-order valence-electron chi connectivity index (χ0n) is 9.09. The number of aromatic nitrogens is 4. The monoisotopic (exact) mass is 253 g/mol. The van der Waals surface area contributed by atoms with Gasteiger partial charge in [0.15, 0.2) is 5.82 Å². The second kappa shape index (κ2) is 4.10. The van der Waals surface area contributed by atoms with E-state index in [4.69, 9.17) is 11.6 Å². The van der Waals surface area contributed by atoms with Crippen molar-refractivity contribution in [3.05, 3.63) is 39.0 Å². The normalized spacial score (nSPS) is 10.5. The van der Waals surface area contributed by atoms with Crippen molar-refractivity contribution in [3.63, 3.8) is 0 Å². The van der Waals surface area contributed by atoms with Crippen molar-refractivity contribution in [2.75, 3.05) is 0 Å². The molecule has 0 saturated heterocycles. The third-order valence-corrected chi connectivity index (χ3v) is 2.50. The highest BCUT2D eigenvalue weighted by molar-refractivity contribution is 6.32. The Bertz CT molecular complexity index is 595. The van der Waals surface area contributed by atoms with E-state index in [1.165, 1.54) is 17.9 Å². The lowest BCUT2D eigenvalue weighted by atomic mass is 10.4. The van der Waals surface area contributed by atoms with E-state index in [1.54, 1.807) is 13.0 Å². The molecule has 0 aromatic carbocycles. The summed E-state index contributed by atoms with van der Waals surface area (Å²) in [5.41, 5.74) is 0.765. The summed E-state index contributed by atoms with van der Waals surface area (Å²) in [4.78, 5) is 18.1. The molecular weight excluding hydrogens is 246 g/mol. The molecule has 0 fully saturated rings. The Balaban J connectivity index is 2.62. The summed E-state index contributed by atoms with van der Waals surface area (Å²) in [6.45, 7) is 3.30. The molecule has 0 saturated carbocycles. The van der Waals surface area contributed by atoms with Crippen LogP contribution in [-0.4, -0.2) is 24.7 Å². The average Bonchev–Trinajstić information content (AvgIpc) is 2.54. The number of halogens is 1. The SMILES string of the molecule is Cc1cc(-n2nc(C)c([N+](=O)[O-])c2Cl)ncn1. The molecule has 2 rings (SSSR count). The van der Waals surface area contributed by atoms with Crippen LogP contribution in [0.4, 0.5) is 5.69 Å². The smallest absolute Gasteiger partial charge is 0.258 e. The maximum atomic E-state index is 10.8. The largest absolute Gasteiger partial charge is 0.329 e. The molecule has 0 atom stereocenters. The van der Waals surface area contributed by atoms with Crippen LogP contribution in [0.2, 0.25) is 5.15 Å². The van der Waals surface area contributed by atoms with E-state index in [0.717, 1.165) is 5.69 Å². The number of hydrogen-bond acceptors (Lipinski definition) is 5. The fourth-order valence-electron chi connectivity index (χ4n) is 1.41. The van der Waals surface area contributed by atoms with Crippen LogP contribution >= 0.6 is 11.6 Å². The Morgan fingerprint density at radius 3 is 2.65 bits per heavy atom. The highest BCUT2D eigenvalue weighted by atomic mass is 35.5. The Hall–Kier alpha value is -2.02. The third kappa shape index (κ3) is 1.96. The minimum Gasteiger partial charge on any atom is -0.258 e.